The predicted molar refractivity (Wildman–Crippen MR) is 109 cm³/mol. The largest absolute Gasteiger partial charge is 0.424 e. The van der Waals surface area contributed by atoms with Gasteiger partial charge in [0.2, 0.25) is 11.8 Å². The fourth-order valence-corrected chi connectivity index (χ4v) is 3.51. The topological polar surface area (TPSA) is 74.5 Å². The van der Waals surface area contributed by atoms with Gasteiger partial charge in [-0.2, -0.15) is 0 Å². The van der Waals surface area contributed by atoms with Crippen LogP contribution in [-0.2, 0) is 6.42 Å². The standard InChI is InChI=1S/C20H28ClN5O2/c1-14(2)12-18-23-24-19(28-18)15(3)25-8-5-9-26(11-10-25)20(27)22-17-7-4-6-16(21)13-17/h4,6-7,13-15H,5,8-12H2,1-3H3,(H,22,27)/t15-/m1/s1. The van der Waals surface area contributed by atoms with E-state index in [9.17, 15) is 4.79 Å². The van der Waals surface area contributed by atoms with Crippen LogP contribution in [0.25, 0.3) is 0 Å². The molecule has 152 valence electrons. The highest BCUT2D eigenvalue weighted by Crippen LogP contribution is 2.22. The molecule has 3 rings (SSSR count). The summed E-state index contributed by atoms with van der Waals surface area (Å²) in [5.41, 5.74) is 0.704. The van der Waals surface area contributed by atoms with Crippen LogP contribution in [0.1, 0.15) is 45.0 Å². The first-order chi connectivity index (χ1) is 13.4. The van der Waals surface area contributed by atoms with Gasteiger partial charge < -0.3 is 14.6 Å². The summed E-state index contributed by atoms with van der Waals surface area (Å²) >= 11 is 5.99. The maximum atomic E-state index is 12.6. The summed E-state index contributed by atoms with van der Waals surface area (Å²) in [5.74, 6) is 1.81. The normalized spacial score (nSPS) is 16.8. The number of nitrogens with zero attached hydrogens (tertiary/aromatic N) is 4. The quantitative estimate of drug-likeness (QED) is 0.805. The molecule has 0 aliphatic carbocycles. The number of benzene rings is 1. The zero-order valence-electron chi connectivity index (χ0n) is 16.7. The van der Waals surface area contributed by atoms with Crippen LogP contribution in [0.5, 0.6) is 0 Å². The molecule has 28 heavy (non-hydrogen) atoms. The van der Waals surface area contributed by atoms with Crippen molar-refractivity contribution < 1.29 is 9.21 Å². The second-order valence-corrected chi connectivity index (χ2v) is 8.06. The molecular weight excluding hydrogens is 378 g/mol. The molecule has 2 aromatic rings. The number of rotatable bonds is 5. The minimum Gasteiger partial charge on any atom is -0.424 e. The fourth-order valence-electron chi connectivity index (χ4n) is 3.32. The smallest absolute Gasteiger partial charge is 0.321 e. The van der Waals surface area contributed by atoms with Gasteiger partial charge in [-0.3, -0.25) is 4.90 Å². The van der Waals surface area contributed by atoms with Crippen LogP contribution >= 0.6 is 11.6 Å². The van der Waals surface area contributed by atoms with Crippen molar-refractivity contribution in [3.8, 4) is 0 Å². The van der Waals surface area contributed by atoms with Gasteiger partial charge in [0.25, 0.3) is 0 Å². The maximum absolute atomic E-state index is 12.6. The minimum atomic E-state index is -0.103. The molecule has 0 bridgehead atoms. The monoisotopic (exact) mass is 405 g/mol. The maximum Gasteiger partial charge on any atom is 0.321 e. The van der Waals surface area contributed by atoms with E-state index in [0.717, 1.165) is 25.9 Å². The molecule has 0 saturated carbocycles. The van der Waals surface area contributed by atoms with Crippen molar-refractivity contribution in [3.63, 3.8) is 0 Å². The van der Waals surface area contributed by atoms with Crippen molar-refractivity contribution >= 4 is 23.3 Å². The lowest BCUT2D eigenvalue weighted by atomic mass is 10.1. The number of hydrogen-bond donors (Lipinski definition) is 1. The third kappa shape index (κ3) is 5.45. The molecule has 0 unspecified atom stereocenters. The van der Waals surface area contributed by atoms with E-state index in [1.807, 2.05) is 17.0 Å². The van der Waals surface area contributed by atoms with Crippen molar-refractivity contribution in [1.82, 2.24) is 20.0 Å². The van der Waals surface area contributed by atoms with Crippen LogP contribution in [-0.4, -0.2) is 52.2 Å². The number of halogens is 1. The average Bonchev–Trinajstić information content (AvgIpc) is 2.95. The molecule has 7 nitrogen and oxygen atoms in total. The molecular formula is C20H28ClN5O2. The number of urea groups is 1. The first-order valence-electron chi connectivity index (χ1n) is 9.80. The van der Waals surface area contributed by atoms with Gasteiger partial charge in [-0.05, 0) is 37.5 Å². The van der Waals surface area contributed by atoms with Gasteiger partial charge in [0.15, 0.2) is 0 Å². The Morgan fingerprint density at radius 3 is 2.79 bits per heavy atom. The van der Waals surface area contributed by atoms with E-state index >= 15 is 0 Å². The summed E-state index contributed by atoms with van der Waals surface area (Å²) in [6.45, 7) is 9.32. The molecule has 1 aromatic heterocycles. The lowest BCUT2D eigenvalue weighted by molar-refractivity contribution is 0.182. The van der Waals surface area contributed by atoms with Gasteiger partial charge in [-0.1, -0.05) is 31.5 Å². The van der Waals surface area contributed by atoms with E-state index < -0.39 is 0 Å². The van der Waals surface area contributed by atoms with Gasteiger partial charge >= 0.3 is 6.03 Å². The van der Waals surface area contributed by atoms with Gasteiger partial charge in [0.05, 0.1) is 6.04 Å². The Balaban J connectivity index is 1.56. The highest BCUT2D eigenvalue weighted by molar-refractivity contribution is 6.30. The Morgan fingerprint density at radius 1 is 1.21 bits per heavy atom. The van der Waals surface area contributed by atoms with Gasteiger partial charge in [-0.25, -0.2) is 4.79 Å². The summed E-state index contributed by atoms with van der Waals surface area (Å²) in [6, 6.07) is 7.11. The Labute approximate surface area is 171 Å². The number of carbonyl (C=O) groups is 1. The van der Waals surface area contributed by atoms with Crippen LogP contribution in [0.4, 0.5) is 10.5 Å². The van der Waals surface area contributed by atoms with Gasteiger partial charge in [0.1, 0.15) is 0 Å². The molecule has 2 amide bonds. The molecule has 1 fully saturated rings. The summed E-state index contributed by atoms with van der Waals surface area (Å²) in [6.07, 6.45) is 1.68. The minimum absolute atomic E-state index is 0.0318. The van der Waals surface area contributed by atoms with Crippen LogP contribution < -0.4 is 5.32 Å². The molecule has 1 saturated heterocycles. The molecule has 0 spiro atoms. The second-order valence-electron chi connectivity index (χ2n) is 7.63. The van der Waals surface area contributed by atoms with E-state index in [2.05, 4.69) is 41.2 Å². The number of nitrogens with one attached hydrogen (secondary N) is 1. The molecule has 1 aliphatic heterocycles. The molecule has 0 radical (unpaired) electrons. The lowest BCUT2D eigenvalue weighted by Gasteiger charge is -2.25. The van der Waals surface area contributed by atoms with Crippen molar-refractivity contribution in [3.05, 3.63) is 41.1 Å². The molecule has 1 aromatic carbocycles. The predicted octanol–water partition coefficient (Wildman–Crippen LogP) is 4.22. The lowest BCUT2D eigenvalue weighted by Crippen LogP contribution is -2.38. The van der Waals surface area contributed by atoms with Crippen LogP contribution in [0.3, 0.4) is 0 Å². The van der Waals surface area contributed by atoms with E-state index in [-0.39, 0.29) is 12.1 Å². The van der Waals surface area contributed by atoms with Crippen LogP contribution in [0.2, 0.25) is 5.02 Å². The zero-order valence-corrected chi connectivity index (χ0v) is 17.4. The summed E-state index contributed by atoms with van der Waals surface area (Å²) in [5, 5.41) is 11.9. The Bertz CT molecular complexity index is 794. The SMILES string of the molecule is CC(C)Cc1nnc([C@@H](C)N2CCCN(C(=O)Nc3cccc(Cl)c3)CC2)o1. The second kappa shape index (κ2) is 9.39. The van der Waals surface area contributed by atoms with Crippen molar-refractivity contribution in [2.75, 3.05) is 31.5 Å². The van der Waals surface area contributed by atoms with Crippen LogP contribution in [0, 0.1) is 5.92 Å². The summed E-state index contributed by atoms with van der Waals surface area (Å²) in [7, 11) is 0. The first kappa shape index (κ1) is 20.6. The molecule has 8 heteroatoms. The highest BCUT2D eigenvalue weighted by atomic mass is 35.5. The molecule has 1 aliphatic rings. The Morgan fingerprint density at radius 2 is 2.04 bits per heavy atom. The Kier molecular flexibility index (Phi) is 6.91. The van der Waals surface area contributed by atoms with Crippen molar-refractivity contribution in [2.24, 2.45) is 5.92 Å². The van der Waals surface area contributed by atoms with Crippen molar-refractivity contribution in [1.29, 1.82) is 0 Å². The third-order valence-electron chi connectivity index (χ3n) is 4.86. The molecule has 1 N–H and O–H groups in total. The van der Waals surface area contributed by atoms with E-state index in [4.69, 9.17) is 16.0 Å². The van der Waals surface area contributed by atoms with E-state index in [1.165, 1.54) is 0 Å². The zero-order chi connectivity index (χ0) is 20.1. The summed E-state index contributed by atoms with van der Waals surface area (Å²) in [4.78, 5) is 16.7. The van der Waals surface area contributed by atoms with E-state index in [1.54, 1.807) is 12.1 Å². The van der Waals surface area contributed by atoms with Gasteiger partial charge in [-0.15, -0.1) is 10.2 Å². The first-order valence-corrected chi connectivity index (χ1v) is 10.2. The van der Waals surface area contributed by atoms with Crippen LogP contribution in [0.15, 0.2) is 28.7 Å². The van der Waals surface area contributed by atoms with Crippen molar-refractivity contribution in [2.45, 2.75) is 39.7 Å². The number of carbonyl (C=O) groups excluding carboxylic acids is 1. The average molecular weight is 406 g/mol. The molecule has 1 atom stereocenters. The summed E-state index contributed by atoms with van der Waals surface area (Å²) < 4.78 is 5.85. The Hall–Kier alpha value is -2.12. The number of aromatic nitrogens is 2. The van der Waals surface area contributed by atoms with Gasteiger partial charge in [0, 0.05) is 43.3 Å². The highest BCUT2D eigenvalue weighted by Gasteiger charge is 2.26. The van der Waals surface area contributed by atoms with E-state index in [0.29, 0.717) is 41.5 Å². The number of amides is 2. The third-order valence-corrected chi connectivity index (χ3v) is 5.10. The fraction of sp³-hybridized carbons (Fsp3) is 0.550. The number of anilines is 1. The molecule has 2 heterocycles. The number of hydrogen-bond acceptors (Lipinski definition) is 5.